The average Bonchev–Trinajstić information content (AvgIpc) is 2.27. The molecule has 1 aromatic carbocycles. The molecular weight excluding hydrogens is 302 g/mol. The Bertz CT molecular complexity index is 620. The summed E-state index contributed by atoms with van der Waals surface area (Å²) in [6.45, 7) is 6.58. The second-order valence-corrected chi connectivity index (χ2v) is 7.79. The van der Waals surface area contributed by atoms with Crippen LogP contribution >= 0.6 is 11.6 Å². The molecular formula is C13H18ClNO4S. The highest BCUT2D eigenvalue weighted by atomic mass is 35.5. The third kappa shape index (κ3) is 3.94. The van der Waals surface area contributed by atoms with Crippen molar-refractivity contribution in [3.05, 3.63) is 28.8 Å². The Kier molecular flexibility index (Phi) is 4.84. The molecule has 0 fully saturated rings. The molecule has 1 aromatic rings. The van der Waals surface area contributed by atoms with Gasteiger partial charge < -0.3 is 5.11 Å². The molecule has 0 spiro atoms. The van der Waals surface area contributed by atoms with Gasteiger partial charge in [0, 0.05) is 5.02 Å². The van der Waals surface area contributed by atoms with Crippen LogP contribution in [0.5, 0.6) is 0 Å². The van der Waals surface area contributed by atoms with Crippen molar-refractivity contribution >= 4 is 27.6 Å². The van der Waals surface area contributed by atoms with Crippen LogP contribution in [0.25, 0.3) is 0 Å². The van der Waals surface area contributed by atoms with Gasteiger partial charge in [-0.25, -0.2) is 8.42 Å². The van der Waals surface area contributed by atoms with E-state index in [2.05, 4.69) is 4.72 Å². The number of hydrogen-bond acceptors (Lipinski definition) is 3. The summed E-state index contributed by atoms with van der Waals surface area (Å²) in [6.07, 6.45) is 0. The SMILES string of the molecule is Cc1ccc(Cl)cc1S(=O)(=O)NC(C(=O)O)C(C)(C)C. The molecule has 0 radical (unpaired) electrons. The van der Waals surface area contributed by atoms with E-state index in [9.17, 15) is 18.3 Å². The third-order valence-electron chi connectivity index (χ3n) is 2.83. The largest absolute Gasteiger partial charge is 0.480 e. The van der Waals surface area contributed by atoms with E-state index < -0.39 is 27.4 Å². The van der Waals surface area contributed by atoms with Crippen molar-refractivity contribution in [1.82, 2.24) is 4.72 Å². The van der Waals surface area contributed by atoms with Gasteiger partial charge in [0.2, 0.25) is 10.0 Å². The normalized spacial score (nSPS) is 14.1. The summed E-state index contributed by atoms with van der Waals surface area (Å²) in [5.41, 5.74) is -0.259. The van der Waals surface area contributed by atoms with Gasteiger partial charge in [-0.2, -0.15) is 4.72 Å². The van der Waals surface area contributed by atoms with Gasteiger partial charge in [-0.3, -0.25) is 4.79 Å². The van der Waals surface area contributed by atoms with Crippen molar-refractivity contribution in [3.63, 3.8) is 0 Å². The molecule has 1 atom stereocenters. The molecule has 0 aliphatic heterocycles. The third-order valence-corrected chi connectivity index (χ3v) is 4.63. The summed E-state index contributed by atoms with van der Waals surface area (Å²) in [6, 6.07) is 3.23. The average molecular weight is 320 g/mol. The molecule has 5 nitrogen and oxygen atoms in total. The fraction of sp³-hybridized carbons (Fsp3) is 0.462. The van der Waals surface area contributed by atoms with Crippen LogP contribution in [0.3, 0.4) is 0 Å². The number of aryl methyl sites for hydroxylation is 1. The van der Waals surface area contributed by atoms with Crippen molar-refractivity contribution in [2.24, 2.45) is 5.41 Å². The maximum atomic E-state index is 12.3. The van der Waals surface area contributed by atoms with Crippen LogP contribution in [0.4, 0.5) is 0 Å². The number of benzene rings is 1. The Labute approximate surface area is 124 Å². The molecule has 0 saturated heterocycles. The van der Waals surface area contributed by atoms with Crippen LogP contribution in [0.15, 0.2) is 23.1 Å². The number of carbonyl (C=O) groups is 1. The van der Waals surface area contributed by atoms with E-state index in [-0.39, 0.29) is 9.92 Å². The van der Waals surface area contributed by atoms with Crippen molar-refractivity contribution in [2.75, 3.05) is 0 Å². The predicted octanol–water partition coefficient (Wildman–Crippen LogP) is 2.43. The van der Waals surface area contributed by atoms with Gasteiger partial charge in [0.25, 0.3) is 0 Å². The zero-order valence-electron chi connectivity index (χ0n) is 11.8. The van der Waals surface area contributed by atoms with E-state index in [0.717, 1.165) is 0 Å². The standard InChI is InChI=1S/C13H18ClNO4S/c1-8-5-6-9(14)7-10(8)20(18,19)15-11(12(16)17)13(2,3)4/h5-7,11,15H,1-4H3,(H,16,17). The molecule has 0 saturated carbocycles. The quantitative estimate of drug-likeness (QED) is 0.892. The van der Waals surface area contributed by atoms with Crippen LogP contribution in [0, 0.1) is 12.3 Å². The van der Waals surface area contributed by atoms with Gasteiger partial charge >= 0.3 is 5.97 Å². The number of aliphatic carboxylic acids is 1. The number of rotatable bonds is 4. The summed E-state index contributed by atoms with van der Waals surface area (Å²) < 4.78 is 26.9. The fourth-order valence-corrected chi connectivity index (χ4v) is 3.58. The minimum atomic E-state index is -3.96. The molecule has 1 rings (SSSR count). The molecule has 0 aliphatic rings. The maximum absolute atomic E-state index is 12.3. The lowest BCUT2D eigenvalue weighted by atomic mass is 9.88. The zero-order chi connectivity index (χ0) is 15.7. The first-order valence-corrected chi connectivity index (χ1v) is 7.82. The Hall–Kier alpha value is -1.11. The van der Waals surface area contributed by atoms with Gasteiger partial charge in [-0.1, -0.05) is 38.4 Å². The van der Waals surface area contributed by atoms with Crippen molar-refractivity contribution in [2.45, 2.75) is 38.6 Å². The monoisotopic (exact) mass is 319 g/mol. The fourth-order valence-electron chi connectivity index (χ4n) is 1.68. The topological polar surface area (TPSA) is 83.5 Å². The highest BCUT2D eigenvalue weighted by Gasteiger charge is 2.35. The van der Waals surface area contributed by atoms with E-state index in [4.69, 9.17) is 11.6 Å². The Morgan fingerprint density at radius 2 is 1.90 bits per heavy atom. The summed E-state index contributed by atoms with van der Waals surface area (Å²) in [5.74, 6) is -1.22. The number of sulfonamides is 1. The van der Waals surface area contributed by atoms with Gasteiger partial charge in [-0.05, 0) is 30.0 Å². The number of carboxylic acids is 1. The number of carboxylic acid groups (broad SMARTS) is 1. The lowest BCUT2D eigenvalue weighted by molar-refractivity contribution is -0.141. The predicted molar refractivity (Wildman–Crippen MR) is 77.4 cm³/mol. The summed E-state index contributed by atoms with van der Waals surface area (Å²) in [4.78, 5) is 11.2. The highest BCUT2D eigenvalue weighted by Crippen LogP contribution is 2.24. The first-order valence-electron chi connectivity index (χ1n) is 5.96. The molecule has 0 heterocycles. The van der Waals surface area contributed by atoms with E-state index >= 15 is 0 Å². The molecule has 0 aliphatic carbocycles. The van der Waals surface area contributed by atoms with E-state index in [0.29, 0.717) is 5.56 Å². The molecule has 20 heavy (non-hydrogen) atoms. The molecule has 7 heteroatoms. The lowest BCUT2D eigenvalue weighted by Gasteiger charge is -2.27. The van der Waals surface area contributed by atoms with Gasteiger partial charge in [0.15, 0.2) is 0 Å². The number of halogens is 1. The highest BCUT2D eigenvalue weighted by molar-refractivity contribution is 7.89. The maximum Gasteiger partial charge on any atom is 0.322 e. The minimum Gasteiger partial charge on any atom is -0.480 e. The number of hydrogen-bond donors (Lipinski definition) is 2. The smallest absolute Gasteiger partial charge is 0.322 e. The zero-order valence-corrected chi connectivity index (χ0v) is 13.3. The van der Waals surface area contributed by atoms with Crippen LogP contribution < -0.4 is 4.72 Å². The van der Waals surface area contributed by atoms with Crippen LogP contribution in [0.1, 0.15) is 26.3 Å². The molecule has 1 unspecified atom stereocenters. The van der Waals surface area contributed by atoms with Gasteiger partial charge in [0.1, 0.15) is 6.04 Å². The van der Waals surface area contributed by atoms with E-state index in [1.165, 1.54) is 6.07 Å². The Balaban J connectivity index is 3.24. The first-order chi connectivity index (χ1) is 8.95. The Morgan fingerprint density at radius 1 is 1.35 bits per heavy atom. The second kappa shape index (κ2) is 5.71. The Morgan fingerprint density at radius 3 is 2.35 bits per heavy atom. The van der Waals surface area contributed by atoms with Crippen LogP contribution in [-0.2, 0) is 14.8 Å². The summed E-state index contributed by atoms with van der Waals surface area (Å²) >= 11 is 5.80. The minimum absolute atomic E-state index is 0.0134. The van der Waals surface area contributed by atoms with E-state index in [1.807, 2.05) is 0 Å². The molecule has 0 bridgehead atoms. The van der Waals surface area contributed by atoms with Crippen molar-refractivity contribution in [3.8, 4) is 0 Å². The van der Waals surface area contributed by atoms with Gasteiger partial charge in [-0.15, -0.1) is 0 Å². The first kappa shape index (κ1) is 16.9. The molecule has 112 valence electrons. The molecule has 0 aromatic heterocycles. The van der Waals surface area contributed by atoms with Crippen molar-refractivity contribution in [1.29, 1.82) is 0 Å². The lowest BCUT2D eigenvalue weighted by Crippen LogP contribution is -2.49. The molecule has 2 N–H and O–H groups in total. The van der Waals surface area contributed by atoms with Gasteiger partial charge in [0.05, 0.1) is 4.90 Å². The van der Waals surface area contributed by atoms with Crippen molar-refractivity contribution < 1.29 is 18.3 Å². The number of nitrogens with one attached hydrogen (secondary N) is 1. The summed E-state index contributed by atoms with van der Waals surface area (Å²) in [5, 5.41) is 9.47. The van der Waals surface area contributed by atoms with E-state index in [1.54, 1.807) is 39.8 Å². The van der Waals surface area contributed by atoms with Crippen LogP contribution in [0.2, 0.25) is 5.02 Å². The van der Waals surface area contributed by atoms with Crippen LogP contribution in [-0.4, -0.2) is 25.5 Å². The second-order valence-electron chi connectivity index (χ2n) is 5.67. The molecule has 0 amide bonds. The summed E-state index contributed by atoms with van der Waals surface area (Å²) in [7, 11) is -3.96.